The Balaban J connectivity index is 2.33. The van der Waals surface area contributed by atoms with Gasteiger partial charge in [-0.05, 0) is 30.7 Å². The Morgan fingerprint density at radius 2 is 1.95 bits per heavy atom. The summed E-state index contributed by atoms with van der Waals surface area (Å²) in [5.41, 5.74) is -0.167. The molecule has 1 unspecified atom stereocenters. The first kappa shape index (κ1) is 14.5. The normalized spacial score (nSPS) is 14.2. The minimum Gasteiger partial charge on any atom is -0.385 e. The molecule has 2 rings (SSSR count). The van der Waals surface area contributed by atoms with Gasteiger partial charge in [-0.3, -0.25) is 0 Å². The highest BCUT2D eigenvalue weighted by Gasteiger charge is 2.27. The second-order valence-corrected chi connectivity index (χ2v) is 5.99. The molecule has 0 aromatic heterocycles. The lowest BCUT2D eigenvalue weighted by atomic mass is 9.89. The second kappa shape index (κ2) is 5.61. The predicted molar refractivity (Wildman–Crippen MR) is 78.8 cm³/mol. The van der Waals surface area contributed by atoms with E-state index < -0.39 is 5.60 Å². The quantitative estimate of drug-likeness (QED) is 0.857. The third-order valence-electron chi connectivity index (χ3n) is 3.00. The number of benzene rings is 2. The van der Waals surface area contributed by atoms with Crippen molar-refractivity contribution in [1.82, 2.24) is 0 Å². The monoisotopic (exact) mass is 342 g/mol. The van der Waals surface area contributed by atoms with Gasteiger partial charge in [0.2, 0.25) is 0 Å². The van der Waals surface area contributed by atoms with Crippen LogP contribution in [0.2, 0.25) is 5.02 Å². The van der Waals surface area contributed by atoms with Crippen LogP contribution in [0.1, 0.15) is 18.1 Å². The first-order valence-electron chi connectivity index (χ1n) is 5.81. The summed E-state index contributed by atoms with van der Waals surface area (Å²) in [6.45, 7) is 1.63. The molecule has 0 aliphatic rings. The van der Waals surface area contributed by atoms with Crippen LogP contribution < -0.4 is 0 Å². The molecule has 2 aromatic rings. The molecule has 100 valence electrons. The molecule has 0 bridgehead atoms. The molecule has 0 aliphatic heterocycles. The van der Waals surface area contributed by atoms with Crippen molar-refractivity contribution in [2.45, 2.75) is 18.9 Å². The Labute approximate surface area is 125 Å². The number of aliphatic hydroxyl groups is 1. The maximum absolute atomic E-state index is 13.8. The maximum atomic E-state index is 13.8. The van der Waals surface area contributed by atoms with Gasteiger partial charge in [-0.25, -0.2) is 4.39 Å². The maximum Gasteiger partial charge on any atom is 0.127 e. The summed E-state index contributed by atoms with van der Waals surface area (Å²) < 4.78 is 14.5. The van der Waals surface area contributed by atoms with Gasteiger partial charge in [-0.2, -0.15) is 0 Å². The van der Waals surface area contributed by atoms with E-state index >= 15 is 0 Å². The van der Waals surface area contributed by atoms with Gasteiger partial charge < -0.3 is 5.11 Å². The van der Waals surface area contributed by atoms with Crippen molar-refractivity contribution in [2.24, 2.45) is 0 Å². The summed E-state index contributed by atoms with van der Waals surface area (Å²) in [6, 6.07) is 11.8. The van der Waals surface area contributed by atoms with E-state index in [1.54, 1.807) is 43.3 Å². The average Bonchev–Trinajstić information content (AvgIpc) is 2.33. The van der Waals surface area contributed by atoms with Crippen LogP contribution >= 0.6 is 27.5 Å². The Morgan fingerprint density at radius 1 is 1.26 bits per heavy atom. The van der Waals surface area contributed by atoms with Gasteiger partial charge >= 0.3 is 0 Å². The second-order valence-electron chi connectivity index (χ2n) is 4.67. The molecule has 1 nitrogen and oxygen atoms in total. The fraction of sp³-hybridized carbons (Fsp3) is 0.200. The van der Waals surface area contributed by atoms with Crippen LogP contribution in [0.15, 0.2) is 46.9 Å². The summed E-state index contributed by atoms with van der Waals surface area (Å²) in [5, 5.41) is 11.0. The molecular formula is C15H13BrClFO. The summed E-state index contributed by atoms with van der Waals surface area (Å²) in [4.78, 5) is 0. The van der Waals surface area contributed by atoms with E-state index in [0.29, 0.717) is 20.6 Å². The summed E-state index contributed by atoms with van der Waals surface area (Å²) in [6.07, 6.45) is 0.163. The molecule has 1 atom stereocenters. The van der Waals surface area contributed by atoms with Gasteiger partial charge in [0.1, 0.15) is 5.82 Å². The highest BCUT2D eigenvalue weighted by atomic mass is 79.9. The first-order chi connectivity index (χ1) is 8.90. The minimum atomic E-state index is -1.22. The molecule has 0 amide bonds. The molecule has 0 saturated carbocycles. The van der Waals surface area contributed by atoms with Crippen LogP contribution in [0, 0.1) is 5.82 Å². The molecule has 19 heavy (non-hydrogen) atoms. The van der Waals surface area contributed by atoms with E-state index in [1.807, 2.05) is 0 Å². The third kappa shape index (κ3) is 3.35. The lowest BCUT2D eigenvalue weighted by Gasteiger charge is -2.25. The molecule has 0 fully saturated rings. The zero-order chi connectivity index (χ0) is 14.0. The molecule has 0 aliphatic carbocycles. The fourth-order valence-electron chi connectivity index (χ4n) is 2.03. The summed E-state index contributed by atoms with van der Waals surface area (Å²) >= 11 is 9.29. The SMILES string of the molecule is CC(O)(Cc1ccc(Br)cc1F)c1ccccc1Cl. The van der Waals surface area contributed by atoms with Gasteiger partial charge in [-0.15, -0.1) is 0 Å². The van der Waals surface area contributed by atoms with E-state index in [0.717, 1.165) is 0 Å². The van der Waals surface area contributed by atoms with Crippen molar-refractivity contribution in [3.8, 4) is 0 Å². The van der Waals surface area contributed by atoms with Gasteiger partial charge in [0.25, 0.3) is 0 Å². The smallest absolute Gasteiger partial charge is 0.127 e. The number of hydrogen-bond donors (Lipinski definition) is 1. The zero-order valence-corrected chi connectivity index (χ0v) is 12.7. The van der Waals surface area contributed by atoms with Crippen LogP contribution in [-0.4, -0.2) is 5.11 Å². The van der Waals surface area contributed by atoms with Crippen molar-refractivity contribution >= 4 is 27.5 Å². The Hall–Kier alpha value is -0.900. The average molecular weight is 344 g/mol. The van der Waals surface area contributed by atoms with Crippen molar-refractivity contribution in [2.75, 3.05) is 0 Å². The largest absolute Gasteiger partial charge is 0.385 e. The Morgan fingerprint density at radius 3 is 2.58 bits per heavy atom. The van der Waals surface area contributed by atoms with E-state index in [-0.39, 0.29) is 12.2 Å². The Bertz CT molecular complexity index is 598. The molecule has 0 saturated heterocycles. The molecule has 0 heterocycles. The third-order valence-corrected chi connectivity index (χ3v) is 3.83. The van der Waals surface area contributed by atoms with E-state index in [2.05, 4.69) is 15.9 Å². The summed E-state index contributed by atoms with van der Waals surface area (Å²) in [7, 11) is 0. The van der Waals surface area contributed by atoms with Crippen molar-refractivity contribution in [1.29, 1.82) is 0 Å². The first-order valence-corrected chi connectivity index (χ1v) is 6.98. The molecule has 0 spiro atoms. The minimum absolute atomic E-state index is 0.163. The Kier molecular flexibility index (Phi) is 4.29. The van der Waals surface area contributed by atoms with E-state index in [9.17, 15) is 9.50 Å². The zero-order valence-electron chi connectivity index (χ0n) is 10.3. The van der Waals surface area contributed by atoms with Crippen molar-refractivity contribution < 1.29 is 9.50 Å². The molecule has 1 N–H and O–H groups in total. The van der Waals surface area contributed by atoms with Crippen molar-refractivity contribution in [3.63, 3.8) is 0 Å². The van der Waals surface area contributed by atoms with Crippen LogP contribution in [0.3, 0.4) is 0 Å². The van der Waals surface area contributed by atoms with Gasteiger partial charge in [0.15, 0.2) is 0 Å². The van der Waals surface area contributed by atoms with E-state index in [1.165, 1.54) is 6.07 Å². The van der Waals surface area contributed by atoms with Crippen LogP contribution in [0.25, 0.3) is 0 Å². The van der Waals surface area contributed by atoms with Gasteiger partial charge in [0, 0.05) is 21.5 Å². The van der Waals surface area contributed by atoms with Crippen molar-refractivity contribution in [3.05, 3.63) is 68.9 Å². The number of halogens is 3. The summed E-state index contributed by atoms with van der Waals surface area (Å²) in [5.74, 6) is -0.346. The van der Waals surface area contributed by atoms with Crippen LogP contribution in [0.5, 0.6) is 0 Å². The fourth-order valence-corrected chi connectivity index (χ4v) is 2.70. The topological polar surface area (TPSA) is 20.2 Å². The molecule has 0 radical (unpaired) electrons. The number of rotatable bonds is 3. The van der Waals surface area contributed by atoms with Crippen LogP contribution in [0.4, 0.5) is 4.39 Å². The highest BCUT2D eigenvalue weighted by Crippen LogP contribution is 2.31. The molecule has 4 heteroatoms. The molecular weight excluding hydrogens is 331 g/mol. The van der Waals surface area contributed by atoms with E-state index in [4.69, 9.17) is 11.6 Å². The van der Waals surface area contributed by atoms with Gasteiger partial charge in [0.05, 0.1) is 5.60 Å². The van der Waals surface area contributed by atoms with Gasteiger partial charge in [-0.1, -0.05) is 51.8 Å². The highest BCUT2D eigenvalue weighted by molar-refractivity contribution is 9.10. The standard InChI is InChI=1S/C15H13BrClFO/c1-15(19,12-4-2-3-5-13(12)17)9-10-6-7-11(16)8-14(10)18/h2-8,19H,9H2,1H3. The molecule has 2 aromatic carbocycles. The lowest BCUT2D eigenvalue weighted by Crippen LogP contribution is -2.25. The van der Waals surface area contributed by atoms with Crippen LogP contribution in [-0.2, 0) is 12.0 Å². The predicted octanol–water partition coefficient (Wildman–Crippen LogP) is 4.69. The number of hydrogen-bond acceptors (Lipinski definition) is 1. The lowest BCUT2D eigenvalue weighted by molar-refractivity contribution is 0.0568.